The van der Waals surface area contributed by atoms with Crippen molar-refractivity contribution in [2.75, 3.05) is 12.9 Å². The molecule has 1 aliphatic heterocycles. The van der Waals surface area contributed by atoms with Gasteiger partial charge in [0.15, 0.2) is 19.9 Å². The lowest BCUT2D eigenvalue weighted by Crippen LogP contribution is -2.49. The molecule has 0 N–H and O–H groups in total. The van der Waals surface area contributed by atoms with Gasteiger partial charge in [-0.1, -0.05) is 32.0 Å². The molecule has 0 spiro atoms. The van der Waals surface area contributed by atoms with Gasteiger partial charge in [-0.05, 0) is 57.8 Å². The van der Waals surface area contributed by atoms with Crippen molar-refractivity contribution in [2.24, 2.45) is 5.92 Å². The van der Waals surface area contributed by atoms with E-state index in [1.807, 2.05) is 18.2 Å². The molecule has 186 valence electrons. The lowest BCUT2D eigenvalue weighted by atomic mass is 9.93. The Morgan fingerprint density at radius 2 is 1.73 bits per heavy atom. The summed E-state index contributed by atoms with van der Waals surface area (Å²) < 4.78 is 24.8. The Morgan fingerprint density at radius 3 is 2.24 bits per heavy atom. The van der Waals surface area contributed by atoms with Crippen LogP contribution in [0.3, 0.4) is 0 Å². The second-order valence-electron chi connectivity index (χ2n) is 11.1. The minimum Gasteiger partial charge on any atom is -0.520 e. The lowest BCUT2D eigenvalue weighted by Gasteiger charge is -2.41. The van der Waals surface area contributed by atoms with Gasteiger partial charge >= 0.3 is 0 Å². The summed E-state index contributed by atoms with van der Waals surface area (Å²) >= 11 is 1.73. The summed E-state index contributed by atoms with van der Waals surface area (Å²) in [6.07, 6.45) is 3.31. The highest BCUT2D eigenvalue weighted by molar-refractivity contribution is 7.99. The van der Waals surface area contributed by atoms with Crippen LogP contribution in [0.4, 0.5) is 0 Å². The van der Waals surface area contributed by atoms with E-state index in [1.165, 1.54) is 13.2 Å². The van der Waals surface area contributed by atoms with Crippen molar-refractivity contribution < 1.29 is 23.1 Å². The molecule has 0 aromatic heterocycles. The number of hydrogen-bond acceptors (Lipinski definition) is 6. The van der Waals surface area contributed by atoms with Gasteiger partial charge in [-0.2, -0.15) is 0 Å². The van der Waals surface area contributed by atoms with Crippen LogP contribution < -0.4 is 0 Å². The molecule has 2 unspecified atom stereocenters. The van der Waals surface area contributed by atoms with Gasteiger partial charge in [-0.15, -0.1) is 11.8 Å². The van der Waals surface area contributed by atoms with Crippen LogP contribution in [0.5, 0.6) is 0 Å². The number of rotatable bonds is 12. The first-order valence-electron chi connectivity index (χ1n) is 11.7. The van der Waals surface area contributed by atoms with Crippen LogP contribution in [-0.2, 0) is 23.1 Å². The fraction of sp³-hybridized carbons (Fsp3) is 0.640. The molecule has 0 bridgehead atoms. The normalized spacial score (nSPS) is 24.2. The molecular formula is C25H42O5SSi2. The smallest absolute Gasteiger partial charge is 0.268 e. The molecule has 1 saturated heterocycles. The molecule has 33 heavy (non-hydrogen) atoms. The van der Waals surface area contributed by atoms with Crippen molar-refractivity contribution >= 4 is 34.2 Å². The summed E-state index contributed by atoms with van der Waals surface area (Å²) in [5.41, 5.74) is -0.615. The van der Waals surface area contributed by atoms with Crippen LogP contribution >= 0.6 is 11.8 Å². The van der Waals surface area contributed by atoms with Crippen LogP contribution in [0, 0.1) is 5.92 Å². The summed E-state index contributed by atoms with van der Waals surface area (Å²) in [7, 11) is -2.22. The van der Waals surface area contributed by atoms with E-state index in [0.717, 1.165) is 17.7 Å². The molecule has 0 aliphatic carbocycles. The minimum atomic E-state index is -1.89. The average molecular weight is 511 g/mol. The molecule has 1 aromatic carbocycles. The molecule has 1 fully saturated rings. The van der Waals surface area contributed by atoms with Crippen LogP contribution in [-0.4, -0.2) is 46.7 Å². The van der Waals surface area contributed by atoms with Crippen molar-refractivity contribution in [3.63, 3.8) is 0 Å². The zero-order chi connectivity index (χ0) is 24.9. The van der Waals surface area contributed by atoms with Crippen molar-refractivity contribution in [2.45, 2.75) is 88.7 Å². The first kappa shape index (κ1) is 28.2. The largest absolute Gasteiger partial charge is 0.520 e. The zero-order valence-corrected chi connectivity index (χ0v) is 24.6. The number of carbonyl (C=O) groups excluding carboxylic acids is 1. The Kier molecular flexibility index (Phi) is 9.49. The SMILES string of the molecule is CO/C(=C/C(=O)CC1(CSc2ccccc2)CCC(O[Si](C)(C)C)(C(C)C)O1)O[Si](C)(C)C. The summed E-state index contributed by atoms with van der Waals surface area (Å²) in [6.45, 7) is 17.0. The van der Waals surface area contributed by atoms with Gasteiger partial charge in [0, 0.05) is 29.4 Å². The van der Waals surface area contributed by atoms with E-state index in [1.54, 1.807) is 11.8 Å². The lowest BCUT2D eigenvalue weighted by molar-refractivity contribution is -0.229. The third-order valence-electron chi connectivity index (χ3n) is 5.31. The third kappa shape index (κ3) is 8.90. The van der Waals surface area contributed by atoms with Crippen molar-refractivity contribution in [1.82, 2.24) is 0 Å². The molecule has 1 heterocycles. The van der Waals surface area contributed by atoms with Crippen LogP contribution in [0.15, 0.2) is 47.2 Å². The third-order valence-corrected chi connectivity index (χ3v) is 8.35. The maximum Gasteiger partial charge on any atom is 0.268 e. The molecule has 5 nitrogen and oxygen atoms in total. The molecule has 1 aromatic rings. The Balaban J connectivity index is 2.30. The molecule has 0 radical (unpaired) electrons. The minimum absolute atomic E-state index is 0.0497. The molecule has 1 aliphatic rings. The Labute approximate surface area is 206 Å². The van der Waals surface area contributed by atoms with Gasteiger partial charge in [0.05, 0.1) is 18.8 Å². The number of ether oxygens (including phenoxy) is 2. The van der Waals surface area contributed by atoms with Gasteiger partial charge < -0.3 is 18.3 Å². The number of hydrogen-bond donors (Lipinski definition) is 0. The maximum atomic E-state index is 13.2. The van der Waals surface area contributed by atoms with E-state index in [0.29, 0.717) is 5.75 Å². The summed E-state index contributed by atoms with van der Waals surface area (Å²) in [4.78, 5) is 14.4. The number of allylic oxidation sites excluding steroid dienone is 1. The van der Waals surface area contributed by atoms with Crippen LogP contribution in [0.1, 0.15) is 33.1 Å². The predicted octanol–water partition coefficient (Wildman–Crippen LogP) is 6.83. The van der Waals surface area contributed by atoms with Gasteiger partial charge in [0.2, 0.25) is 8.32 Å². The summed E-state index contributed by atoms with van der Waals surface area (Å²) in [5.74, 6) is 0.438. The Morgan fingerprint density at radius 1 is 1.09 bits per heavy atom. The zero-order valence-electron chi connectivity index (χ0n) is 21.8. The first-order chi connectivity index (χ1) is 15.2. The van der Waals surface area contributed by atoms with Crippen LogP contribution in [0.25, 0.3) is 0 Å². The highest BCUT2D eigenvalue weighted by atomic mass is 32.2. The van der Waals surface area contributed by atoms with Gasteiger partial charge in [-0.3, -0.25) is 4.79 Å². The van der Waals surface area contributed by atoms with E-state index < -0.39 is 28.0 Å². The first-order valence-corrected chi connectivity index (χ1v) is 19.5. The van der Waals surface area contributed by atoms with E-state index in [2.05, 4.69) is 65.3 Å². The standard InChI is InChI=1S/C25H42O5SSi2/c1-20(2)25(30-33(7,8)9)16-15-24(29-25,19-31-22-13-11-10-12-14-22)18-21(26)17-23(27-3)28-32(4,5)6/h10-14,17,20H,15-16,18-19H2,1-9H3/b23-17-. The Bertz CT molecular complexity index is 816. The number of ketones is 1. The predicted molar refractivity (Wildman–Crippen MR) is 141 cm³/mol. The van der Waals surface area contributed by atoms with Crippen molar-refractivity contribution in [3.05, 3.63) is 42.4 Å². The molecule has 0 saturated carbocycles. The topological polar surface area (TPSA) is 54.0 Å². The summed E-state index contributed by atoms with van der Waals surface area (Å²) in [6, 6.07) is 10.3. The molecule has 2 rings (SSSR count). The summed E-state index contributed by atoms with van der Waals surface area (Å²) in [5, 5.41) is 0. The fourth-order valence-electron chi connectivity index (χ4n) is 3.93. The molecular weight excluding hydrogens is 469 g/mol. The Hall–Kier alpha value is -1.07. The van der Waals surface area contributed by atoms with Gasteiger partial charge in [0.25, 0.3) is 5.95 Å². The van der Waals surface area contributed by atoms with E-state index in [9.17, 15) is 4.79 Å². The van der Waals surface area contributed by atoms with E-state index >= 15 is 0 Å². The quantitative estimate of drug-likeness (QED) is 0.133. The maximum absolute atomic E-state index is 13.2. The van der Waals surface area contributed by atoms with Gasteiger partial charge in [0.1, 0.15) is 0 Å². The van der Waals surface area contributed by atoms with Crippen LogP contribution in [0.2, 0.25) is 39.3 Å². The molecule has 2 atom stereocenters. The average Bonchev–Trinajstić information content (AvgIpc) is 3.03. The van der Waals surface area contributed by atoms with Crippen molar-refractivity contribution in [3.8, 4) is 0 Å². The van der Waals surface area contributed by atoms with Crippen molar-refractivity contribution in [1.29, 1.82) is 0 Å². The molecule has 0 amide bonds. The number of thioether (sulfide) groups is 1. The molecule has 8 heteroatoms. The van der Waals surface area contributed by atoms with E-state index in [4.69, 9.17) is 18.3 Å². The van der Waals surface area contributed by atoms with E-state index in [-0.39, 0.29) is 24.1 Å². The second-order valence-corrected chi connectivity index (χ2v) is 21.0. The number of benzene rings is 1. The fourth-order valence-corrected chi connectivity index (χ4v) is 7.17. The second kappa shape index (κ2) is 11.1. The van der Waals surface area contributed by atoms with Gasteiger partial charge in [-0.25, -0.2) is 0 Å². The number of methoxy groups -OCH3 is 1. The monoisotopic (exact) mass is 510 g/mol. The highest BCUT2D eigenvalue weighted by Crippen LogP contribution is 2.48. The highest BCUT2D eigenvalue weighted by Gasteiger charge is 2.53. The number of carbonyl (C=O) groups is 1.